The highest BCUT2D eigenvalue weighted by Gasteiger charge is 2.39. The fourth-order valence-corrected chi connectivity index (χ4v) is 4.68. The maximum atomic E-state index is 13.5. The van der Waals surface area contributed by atoms with Crippen molar-refractivity contribution < 1.29 is 32.2 Å². The van der Waals surface area contributed by atoms with Crippen LogP contribution in [0.5, 0.6) is 11.5 Å². The molecule has 2 aromatic carbocycles. The molecule has 6 nitrogen and oxygen atoms in total. The topological polar surface area (TPSA) is 76.7 Å². The lowest BCUT2D eigenvalue weighted by molar-refractivity contribution is -0.137. The van der Waals surface area contributed by atoms with Crippen LogP contribution in [-0.2, 0) is 15.8 Å². The number of hydrogen-bond acceptors (Lipinski definition) is 5. The zero-order chi connectivity index (χ0) is 24.0. The van der Waals surface area contributed by atoms with E-state index in [-0.39, 0.29) is 23.8 Å². The van der Waals surface area contributed by atoms with E-state index >= 15 is 0 Å². The molecule has 5 rings (SSSR count). The zero-order valence-corrected chi connectivity index (χ0v) is 18.2. The van der Waals surface area contributed by atoms with Crippen LogP contribution in [0.2, 0.25) is 0 Å². The monoisotopic (exact) mass is 470 g/mol. The Morgan fingerprint density at radius 2 is 1.88 bits per heavy atom. The minimum atomic E-state index is -4.54. The summed E-state index contributed by atoms with van der Waals surface area (Å²) in [6.07, 6.45) is -2.80. The van der Waals surface area contributed by atoms with E-state index in [1.54, 1.807) is 25.1 Å². The van der Waals surface area contributed by atoms with Gasteiger partial charge in [0.2, 0.25) is 6.79 Å². The van der Waals surface area contributed by atoms with Crippen molar-refractivity contribution in [2.75, 3.05) is 12.1 Å². The normalized spacial score (nSPS) is 19.6. The molecule has 2 heterocycles. The summed E-state index contributed by atoms with van der Waals surface area (Å²) < 4.78 is 50.3. The predicted molar refractivity (Wildman–Crippen MR) is 117 cm³/mol. The number of alkyl halides is 3. The zero-order valence-electron chi connectivity index (χ0n) is 18.2. The van der Waals surface area contributed by atoms with Crippen molar-refractivity contribution in [3.05, 3.63) is 76.1 Å². The van der Waals surface area contributed by atoms with Gasteiger partial charge in [-0.2, -0.15) is 13.2 Å². The number of fused-ring (bicyclic) bond motifs is 1. The lowest BCUT2D eigenvalue weighted by Crippen LogP contribution is -2.35. The molecule has 1 amide bonds. The number of rotatable bonds is 3. The van der Waals surface area contributed by atoms with Gasteiger partial charge in [0, 0.05) is 40.6 Å². The molecule has 1 atom stereocenters. The lowest BCUT2D eigenvalue weighted by atomic mass is 9.75. The van der Waals surface area contributed by atoms with Crippen LogP contribution in [0, 0.1) is 0 Å². The van der Waals surface area contributed by atoms with Crippen molar-refractivity contribution >= 4 is 17.4 Å². The molecule has 0 bridgehead atoms. The first kappa shape index (κ1) is 22.1. The number of allylic oxidation sites excluding steroid dienone is 3. The van der Waals surface area contributed by atoms with Crippen LogP contribution in [-0.4, -0.2) is 18.5 Å². The number of hydrogen-bond donors (Lipinski definition) is 2. The molecule has 1 unspecified atom stereocenters. The highest BCUT2D eigenvalue weighted by Crippen LogP contribution is 2.45. The van der Waals surface area contributed by atoms with Gasteiger partial charge in [0.05, 0.1) is 5.56 Å². The summed E-state index contributed by atoms with van der Waals surface area (Å²) >= 11 is 0. The summed E-state index contributed by atoms with van der Waals surface area (Å²) in [6.45, 7) is 1.81. The number of benzene rings is 2. The van der Waals surface area contributed by atoms with Crippen molar-refractivity contribution in [3.63, 3.8) is 0 Å². The maximum Gasteiger partial charge on any atom is 0.416 e. The number of dihydropyridines is 1. The third-order valence-electron chi connectivity index (χ3n) is 6.20. The van der Waals surface area contributed by atoms with Crippen LogP contribution in [0.1, 0.15) is 43.2 Å². The highest BCUT2D eigenvalue weighted by molar-refractivity contribution is 6.09. The number of amides is 1. The standard InChI is InChI=1S/C25H21F3N2O4/c1-13-21(24(32)30-16-5-2-4-15(11-16)25(26,27)28)22(23-17(29-13)6-3-7-18(23)31)14-8-9-19-20(10-14)34-12-33-19/h2,4-5,8-11,22,29H,3,6-7,12H2,1H3,(H,30,32). The van der Waals surface area contributed by atoms with Crippen molar-refractivity contribution in [1.29, 1.82) is 0 Å². The minimum Gasteiger partial charge on any atom is -0.454 e. The molecule has 2 aromatic rings. The van der Waals surface area contributed by atoms with E-state index in [2.05, 4.69) is 10.6 Å². The first-order valence-corrected chi connectivity index (χ1v) is 10.8. The van der Waals surface area contributed by atoms with Crippen LogP contribution in [0.15, 0.2) is 65.0 Å². The molecular formula is C25H21F3N2O4. The van der Waals surface area contributed by atoms with Gasteiger partial charge in [-0.05, 0) is 55.7 Å². The van der Waals surface area contributed by atoms with Gasteiger partial charge in [-0.3, -0.25) is 9.59 Å². The van der Waals surface area contributed by atoms with Gasteiger partial charge in [-0.1, -0.05) is 12.1 Å². The third kappa shape index (κ3) is 3.91. The molecule has 3 aliphatic rings. The number of halogens is 3. The van der Waals surface area contributed by atoms with Crippen molar-refractivity contribution in [2.45, 2.75) is 38.3 Å². The molecule has 176 valence electrons. The summed E-state index contributed by atoms with van der Waals surface area (Å²) in [5.74, 6) is -0.260. The van der Waals surface area contributed by atoms with E-state index in [0.29, 0.717) is 47.6 Å². The van der Waals surface area contributed by atoms with Crippen LogP contribution in [0.25, 0.3) is 0 Å². The molecule has 0 fully saturated rings. The number of carbonyl (C=O) groups is 2. The van der Waals surface area contributed by atoms with E-state index in [4.69, 9.17) is 9.47 Å². The molecule has 9 heteroatoms. The molecule has 0 radical (unpaired) electrons. The first-order valence-electron chi connectivity index (χ1n) is 10.8. The second kappa shape index (κ2) is 8.23. The Labute approximate surface area is 193 Å². The van der Waals surface area contributed by atoms with Crippen LogP contribution < -0.4 is 20.1 Å². The fourth-order valence-electron chi connectivity index (χ4n) is 4.68. The summed E-state index contributed by atoms with van der Waals surface area (Å²) in [5, 5.41) is 5.79. The van der Waals surface area contributed by atoms with Gasteiger partial charge in [-0.25, -0.2) is 0 Å². The number of ether oxygens (including phenoxy) is 2. The van der Waals surface area contributed by atoms with Gasteiger partial charge in [0.1, 0.15) is 0 Å². The second-order valence-corrected chi connectivity index (χ2v) is 8.41. The number of carbonyl (C=O) groups excluding carboxylic acids is 2. The maximum absolute atomic E-state index is 13.5. The predicted octanol–water partition coefficient (Wildman–Crippen LogP) is 5.04. The van der Waals surface area contributed by atoms with Gasteiger partial charge in [0.15, 0.2) is 17.3 Å². The SMILES string of the molecule is CC1=C(C(=O)Nc2cccc(C(F)(F)F)c2)C(c2ccc3c(c2)OCO3)C2=C(CCCC2=O)N1. The fraction of sp³-hybridized carbons (Fsp3) is 0.280. The molecule has 0 aromatic heterocycles. The molecule has 1 aliphatic carbocycles. The number of nitrogens with one attached hydrogen (secondary N) is 2. The Balaban J connectivity index is 1.56. The van der Waals surface area contributed by atoms with E-state index in [9.17, 15) is 22.8 Å². The minimum absolute atomic E-state index is 0.0132. The molecule has 0 spiro atoms. The number of anilines is 1. The smallest absolute Gasteiger partial charge is 0.416 e. The lowest BCUT2D eigenvalue weighted by Gasteiger charge is -2.34. The highest BCUT2D eigenvalue weighted by atomic mass is 19.4. The largest absolute Gasteiger partial charge is 0.454 e. The first-order chi connectivity index (χ1) is 16.2. The number of Topliss-reactive ketones (excluding diaryl/α,β-unsaturated/α-hetero) is 1. The third-order valence-corrected chi connectivity index (χ3v) is 6.20. The van der Waals surface area contributed by atoms with Gasteiger partial charge in [0.25, 0.3) is 5.91 Å². The molecule has 2 aliphatic heterocycles. The van der Waals surface area contributed by atoms with Crippen LogP contribution in [0.4, 0.5) is 18.9 Å². The number of ketones is 1. The Hall–Kier alpha value is -3.75. The summed E-state index contributed by atoms with van der Waals surface area (Å²) in [6, 6.07) is 9.71. The molecule has 0 saturated carbocycles. The Kier molecular flexibility index (Phi) is 5.34. The van der Waals surface area contributed by atoms with Crippen LogP contribution >= 0.6 is 0 Å². The van der Waals surface area contributed by atoms with E-state index in [0.717, 1.165) is 17.8 Å². The Bertz CT molecular complexity index is 1260. The van der Waals surface area contributed by atoms with Gasteiger partial charge < -0.3 is 20.1 Å². The summed E-state index contributed by atoms with van der Waals surface area (Å²) in [5.41, 5.74) is 1.90. The molecular weight excluding hydrogens is 449 g/mol. The second-order valence-electron chi connectivity index (χ2n) is 8.41. The average molecular weight is 470 g/mol. The molecule has 2 N–H and O–H groups in total. The average Bonchev–Trinajstić information content (AvgIpc) is 3.26. The molecule has 34 heavy (non-hydrogen) atoms. The van der Waals surface area contributed by atoms with Gasteiger partial charge >= 0.3 is 6.18 Å². The van der Waals surface area contributed by atoms with E-state index in [1.807, 2.05) is 0 Å². The Morgan fingerprint density at radius 1 is 1.09 bits per heavy atom. The van der Waals surface area contributed by atoms with Gasteiger partial charge in [-0.15, -0.1) is 0 Å². The Morgan fingerprint density at radius 3 is 2.68 bits per heavy atom. The summed E-state index contributed by atoms with van der Waals surface area (Å²) in [4.78, 5) is 26.5. The molecule has 0 saturated heterocycles. The van der Waals surface area contributed by atoms with Crippen LogP contribution in [0.3, 0.4) is 0 Å². The van der Waals surface area contributed by atoms with E-state index in [1.165, 1.54) is 12.1 Å². The van der Waals surface area contributed by atoms with E-state index < -0.39 is 23.6 Å². The van der Waals surface area contributed by atoms with Crippen molar-refractivity contribution in [1.82, 2.24) is 5.32 Å². The summed E-state index contributed by atoms with van der Waals surface area (Å²) in [7, 11) is 0. The van der Waals surface area contributed by atoms with Crippen molar-refractivity contribution in [3.8, 4) is 11.5 Å². The quantitative estimate of drug-likeness (QED) is 0.657. The van der Waals surface area contributed by atoms with Crippen molar-refractivity contribution in [2.24, 2.45) is 0 Å².